The molecule has 4 rings (SSSR count). The molecule has 7 heteroatoms. The summed E-state index contributed by atoms with van der Waals surface area (Å²) < 4.78 is 15.0. The average Bonchev–Trinajstić information content (AvgIpc) is 2.84. The van der Waals surface area contributed by atoms with Crippen molar-refractivity contribution in [1.82, 2.24) is 0 Å². The Labute approximate surface area is 191 Å². The summed E-state index contributed by atoms with van der Waals surface area (Å²) in [6.07, 6.45) is 0. The number of nitro groups is 1. The Balaban J connectivity index is 2.04. The zero-order valence-electron chi connectivity index (χ0n) is 17.9. The molecule has 0 aliphatic rings. The summed E-state index contributed by atoms with van der Waals surface area (Å²) in [7, 11) is -2.73. The molecule has 5 nitrogen and oxygen atoms in total. The maximum absolute atomic E-state index is 15.0. The van der Waals surface area contributed by atoms with E-state index in [1.54, 1.807) is 12.1 Å². The zero-order chi connectivity index (χ0) is 23.6. The number of nitrogens with two attached hydrogens (primary N) is 1. The van der Waals surface area contributed by atoms with E-state index >= 15 is 0 Å². The van der Waals surface area contributed by atoms with E-state index in [9.17, 15) is 19.3 Å². The number of non-ortho nitro benzene ring substituents is 1. The summed E-state index contributed by atoms with van der Waals surface area (Å²) in [5.74, 6) is -1.46. The number of amides is 1. The first-order valence-electron chi connectivity index (χ1n) is 10.3. The molecular weight excluding hydrogens is 438 g/mol. The molecule has 2 N–H and O–H groups in total. The normalized spacial score (nSPS) is 11.7. The summed E-state index contributed by atoms with van der Waals surface area (Å²) in [6.45, 7) is 2.13. The Kier molecular flexibility index (Phi) is 6.03. The SMILES string of the molecule is C[PH](c1ccccc1)(c1ccccc1)c1cccc(-c2ccc([N+](=O)[O-])cc2F)c1C(N)=O. The molecule has 0 unspecified atom stereocenters. The van der Waals surface area contributed by atoms with Gasteiger partial charge in [-0.05, 0) is 0 Å². The Morgan fingerprint density at radius 3 is 1.91 bits per heavy atom. The van der Waals surface area contributed by atoms with Gasteiger partial charge in [0.15, 0.2) is 0 Å². The van der Waals surface area contributed by atoms with Crippen molar-refractivity contribution in [2.75, 3.05) is 6.66 Å². The van der Waals surface area contributed by atoms with Gasteiger partial charge in [-0.1, -0.05) is 0 Å². The number of hydrogen-bond donors (Lipinski definition) is 1. The second-order valence-electron chi connectivity index (χ2n) is 7.87. The Bertz CT molecular complexity index is 1310. The average molecular weight is 460 g/mol. The number of carbonyl (C=O) groups is 1. The fourth-order valence-corrected chi connectivity index (χ4v) is 8.18. The van der Waals surface area contributed by atoms with Gasteiger partial charge in [0.05, 0.1) is 0 Å². The summed E-state index contributed by atoms with van der Waals surface area (Å²) in [5.41, 5.74) is 6.16. The molecule has 0 bridgehead atoms. The third-order valence-corrected chi connectivity index (χ3v) is 10.5. The van der Waals surface area contributed by atoms with E-state index in [0.717, 1.165) is 22.0 Å². The first-order valence-corrected chi connectivity index (χ1v) is 12.8. The topological polar surface area (TPSA) is 86.2 Å². The fraction of sp³-hybridized carbons (Fsp3) is 0.0385. The first kappa shape index (κ1) is 22.3. The Morgan fingerprint density at radius 1 is 0.848 bits per heavy atom. The molecule has 0 fully saturated rings. The number of halogens is 1. The zero-order valence-corrected chi connectivity index (χ0v) is 18.9. The van der Waals surface area contributed by atoms with E-state index < -0.39 is 23.9 Å². The number of carbonyl (C=O) groups excluding carboxylic acids is 1. The molecule has 0 aliphatic heterocycles. The molecule has 166 valence electrons. The molecule has 0 saturated carbocycles. The van der Waals surface area contributed by atoms with Crippen LogP contribution in [0, 0.1) is 15.9 Å². The van der Waals surface area contributed by atoms with Crippen LogP contribution in [0.2, 0.25) is 0 Å². The number of benzene rings is 4. The third kappa shape index (κ3) is 4.01. The molecule has 0 saturated heterocycles. The number of nitrogens with zero attached hydrogens (tertiary/aromatic N) is 1. The van der Waals surface area contributed by atoms with Crippen molar-refractivity contribution in [3.63, 3.8) is 0 Å². The molecule has 4 aromatic rings. The molecule has 1 amide bonds. The monoisotopic (exact) mass is 460 g/mol. The van der Waals surface area contributed by atoms with E-state index in [1.165, 1.54) is 12.1 Å². The van der Waals surface area contributed by atoms with E-state index in [0.29, 0.717) is 5.56 Å². The molecule has 33 heavy (non-hydrogen) atoms. The van der Waals surface area contributed by atoms with Crippen molar-refractivity contribution >= 4 is 34.8 Å². The second-order valence-corrected chi connectivity index (χ2v) is 11.8. The van der Waals surface area contributed by atoms with Crippen LogP contribution in [-0.2, 0) is 0 Å². The number of primary amides is 1. The van der Waals surface area contributed by atoms with Gasteiger partial charge in [0.1, 0.15) is 0 Å². The minimum atomic E-state index is -2.73. The van der Waals surface area contributed by atoms with Gasteiger partial charge in [0.2, 0.25) is 0 Å². The summed E-state index contributed by atoms with van der Waals surface area (Å²) >= 11 is 0. The van der Waals surface area contributed by atoms with E-state index in [-0.39, 0.29) is 16.8 Å². The molecule has 0 aromatic heterocycles. The van der Waals surface area contributed by atoms with Crippen LogP contribution in [-0.4, -0.2) is 17.5 Å². The molecule has 0 aliphatic carbocycles. The van der Waals surface area contributed by atoms with E-state index in [4.69, 9.17) is 5.73 Å². The van der Waals surface area contributed by atoms with Gasteiger partial charge in [0, 0.05) is 0 Å². The van der Waals surface area contributed by atoms with Crippen molar-refractivity contribution in [2.45, 2.75) is 0 Å². The van der Waals surface area contributed by atoms with Crippen LogP contribution in [0.25, 0.3) is 11.1 Å². The third-order valence-electron chi connectivity index (χ3n) is 6.01. The van der Waals surface area contributed by atoms with Crippen molar-refractivity contribution in [3.05, 3.63) is 119 Å². The maximum atomic E-state index is 15.0. The Hall–Kier alpha value is -3.89. The number of rotatable bonds is 6. The van der Waals surface area contributed by atoms with E-state index in [1.807, 2.05) is 66.7 Å². The Morgan fingerprint density at radius 2 is 1.42 bits per heavy atom. The van der Waals surface area contributed by atoms with Gasteiger partial charge >= 0.3 is 191 Å². The second kappa shape index (κ2) is 8.93. The van der Waals surface area contributed by atoms with Gasteiger partial charge in [-0.2, -0.15) is 0 Å². The predicted molar refractivity (Wildman–Crippen MR) is 133 cm³/mol. The summed E-state index contributed by atoms with van der Waals surface area (Å²) in [6, 6.07) is 28.5. The van der Waals surface area contributed by atoms with Gasteiger partial charge < -0.3 is 0 Å². The van der Waals surface area contributed by atoms with Crippen molar-refractivity contribution in [2.24, 2.45) is 5.73 Å². The molecule has 4 aromatic carbocycles. The fourth-order valence-electron chi connectivity index (χ4n) is 4.32. The van der Waals surface area contributed by atoms with Gasteiger partial charge in [0.25, 0.3) is 0 Å². The first-order chi connectivity index (χ1) is 15.8. The van der Waals surface area contributed by atoms with Crippen molar-refractivity contribution in [3.8, 4) is 11.1 Å². The van der Waals surface area contributed by atoms with Crippen LogP contribution >= 0.6 is 7.26 Å². The van der Waals surface area contributed by atoms with Crippen molar-refractivity contribution < 1.29 is 14.1 Å². The van der Waals surface area contributed by atoms with Crippen LogP contribution in [0.4, 0.5) is 10.1 Å². The van der Waals surface area contributed by atoms with Crippen LogP contribution in [0.15, 0.2) is 97.1 Å². The summed E-state index contributed by atoms with van der Waals surface area (Å²) in [4.78, 5) is 23.2. The predicted octanol–water partition coefficient (Wildman–Crippen LogP) is 4.16. The van der Waals surface area contributed by atoms with Crippen LogP contribution < -0.4 is 21.6 Å². The standard InChI is InChI=1S/C26H22FN2O3P/c1-33(19-9-4-2-5-10-19,20-11-6-3-7-12-20)24-14-8-13-22(25(24)26(28)30)21-16-15-18(29(31)32)17-23(21)27/h2-17,33H,1H3,(H2,28,30). The molecule has 0 heterocycles. The molecule has 0 spiro atoms. The van der Waals surface area contributed by atoms with Gasteiger partial charge in [-0.25, -0.2) is 0 Å². The van der Waals surface area contributed by atoms with E-state index in [2.05, 4.69) is 6.66 Å². The molecular formula is C26H22FN2O3P. The van der Waals surface area contributed by atoms with Crippen LogP contribution in [0.1, 0.15) is 10.4 Å². The number of nitro benzene ring substituents is 1. The van der Waals surface area contributed by atoms with Crippen molar-refractivity contribution in [1.29, 1.82) is 0 Å². The van der Waals surface area contributed by atoms with Gasteiger partial charge in [-0.15, -0.1) is 0 Å². The molecule has 0 radical (unpaired) electrons. The van der Waals surface area contributed by atoms with Gasteiger partial charge in [-0.3, -0.25) is 0 Å². The van der Waals surface area contributed by atoms with Crippen LogP contribution in [0.5, 0.6) is 0 Å². The van der Waals surface area contributed by atoms with Crippen LogP contribution in [0.3, 0.4) is 0 Å². The molecule has 0 atom stereocenters. The minimum absolute atomic E-state index is 0.0914. The quantitative estimate of drug-likeness (QED) is 0.266. The summed E-state index contributed by atoms with van der Waals surface area (Å²) in [5, 5.41) is 13.9. The number of hydrogen-bond acceptors (Lipinski definition) is 3.